The number of amides is 3. The van der Waals surface area contributed by atoms with Crippen LogP contribution in [0.5, 0.6) is 0 Å². The van der Waals surface area contributed by atoms with Gasteiger partial charge in [-0.1, -0.05) is 48.0 Å². The molecule has 0 aliphatic carbocycles. The number of rotatable bonds is 14. The highest BCUT2D eigenvalue weighted by atomic mass is 16.4. The van der Waals surface area contributed by atoms with Crippen molar-refractivity contribution in [3.05, 3.63) is 0 Å². The van der Waals surface area contributed by atoms with Gasteiger partial charge in [0.05, 0.1) is 12.1 Å². The fraction of sp³-hybridized carbons (Fsp3) is 0.818. The van der Waals surface area contributed by atoms with Crippen LogP contribution in [0.15, 0.2) is 0 Å². The van der Waals surface area contributed by atoms with Crippen LogP contribution >= 0.6 is 0 Å². The number of carbonyl (C=O) groups excluding carboxylic acids is 3. The summed E-state index contributed by atoms with van der Waals surface area (Å²) in [6.07, 6.45) is -0.0743. The molecule has 0 saturated heterocycles. The molecule has 0 fully saturated rings. The molecule has 0 bridgehead atoms. The van der Waals surface area contributed by atoms with Gasteiger partial charge in [0.15, 0.2) is 0 Å². The minimum Gasteiger partial charge on any atom is -0.480 e. The van der Waals surface area contributed by atoms with E-state index >= 15 is 0 Å². The number of nitrogens with two attached hydrogens (primary N) is 1. The molecule has 6 unspecified atom stereocenters. The van der Waals surface area contributed by atoms with Crippen molar-refractivity contribution < 1.29 is 29.4 Å². The number of hydrogen-bond acceptors (Lipinski definition) is 6. The summed E-state index contributed by atoms with van der Waals surface area (Å²) in [5, 5.41) is 26.9. The van der Waals surface area contributed by atoms with E-state index in [1.807, 2.05) is 34.6 Å². The van der Waals surface area contributed by atoms with E-state index in [1.54, 1.807) is 6.92 Å². The third-order valence-corrected chi connectivity index (χ3v) is 5.24. The van der Waals surface area contributed by atoms with Crippen molar-refractivity contribution in [2.75, 3.05) is 0 Å². The standard InChI is InChI=1S/C22H42N4O6/c1-8-13(6)17(25-19(28)15(23)9-11(2)3)20(29)26-18(14(7)27)21(30)24-16(22(31)32)10-12(4)5/h11-18,27H,8-10,23H2,1-7H3,(H,24,30)(H,25,28)(H,26,29)(H,31,32). The van der Waals surface area contributed by atoms with Gasteiger partial charge in [-0.3, -0.25) is 14.4 Å². The van der Waals surface area contributed by atoms with Gasteiger partial charge in [-0.05, 0) is 37.5 Å². The van der Waals surface area contributed by atoms with Crippen LogP contribution in [0.2, 0.25) is 0 Å². The van der Waals surface area contributed by atoms with Crippen molar-refractivity contribution in [3.8, 4) is 0 Å². The molecule has 0 aliphatic heterocycles. The molecule has 32 heavy (non-hydrogen) atoms. The first-order valence-electron chi connectivity index (χ1n) is 11.3. The van der Waals surface area contributed by atoms with E-state index in [0.717, 1.165) is 0 Å². The zero-order chi connectivity index (χ0) is 25.2. The number of carboxylic acid groups (broad SMARTS) is 1. The summed E-state index contributed by atoms with van der Waals surface area (Å²) in [5.41, 5.74) is 5.93. The quantitative estimate of drug-likeness (QED) is 0.218. The fourth-order valence-corrected chi connectivity index (χ4v) is 3.18. The molecule has 0 rings (SSSR count). The van der Waals surface area contributed by atoms with Gasteiger partial charge in [-0.2, -0.15) is 0 Å². The van der Waals surface area contributed by atoms with Crippen LogP contribution in [-0.2, 0) is 19.2 Å². The molecule has 0 aromatic rings. The maximum Gasteiger partial charge on any atom is 0.326 e. The van der Waals surface area contributed by atoms with Crippen LogP contribution < -0.4 is 21.7 Å². The van der Waals surface area contributed by atoms with E-state index in [2.05, 4.69) is 16.0 Å². The number of aliphatic carboxylic acids is 1. The highest BCUT2D eigenvalue weighted by Gasteiger charge is 2.34. The number of carbonyl (C=O) groups is 4. The molecule has 7 N–H and O–H groups in total. The fourth-order valence-electron chi connectivity index (χ4n) is 3.18. The molecule has 0 aliphatic rings. The first-order valence-corrected chi connectivity index (χ1v) is 11.3. The summed E-state index contributed by atoms with van der Waals surface area (Å²) in [4.78, 5) is 49.6. The Morgan fingerprint density at radius 3 is 1.66 bits per heavy atom. The number of hydrogen-bond donors (Lipinski definition) is 6. The lowest BCUT2D eigenvalue weighted by molar-refractivity contribution is -0.143. The lowest BCUT2D eigenvalue weighted by Crippen LogP contribution is -2.61. The van der Waals surface area contributed by atoms with Crippen LogP contribution in [0.1, 0.15) is 67.7 Å². The molecule has 0 radical (unpaired) electrons. The van der Waals surface area contributed by atoms with E-state index in [9.17, 15) is 29.4 Å². The summed E-state index contributed by atoms with van der Waals surface area (Å²) >= 11 is 0. The summed E-state index contributed by atoms with van der Waals surface area (Å²) in [6, 6.07) is -4.28. The average Bonchev–Trinajstić information content (AvgIpc) is 2.67. The molecule has 186 valence electrons. The van der Waals surface area contributed by atoms with Gasteiger partial charge in [0.2, 0.25) is 17.7 Å². The molecular weight excluding hydrogens is 416 g/mol. The van der Waals surface area contributed by atoms with E-state index in [4.69, 9.17) is 5.73 Å². The van der Waals surface area contributed by atoms with Gasteiger partial charge >= 0.3 is 5.97 Å². The van der Waals surface area contributed by atoms with E-state index in [-0.39, 0.29) is 24.2 Å². The van der Waals surface area contributed by atoms with Crippen LogP contribution in [0.25, 0.3) is 0 Å². The monoisotopic (exact) mass is 458 g/mol. The van der Waals surface area contributed by atoms with Crippen molar-refractivity contribution in [2.24, 2.45) is 23.5 Å². The van der Waals surface area contributed by atoms with Crippen LogP contribution in [0.3, 0.4) is 0 Å². The van der Waals surface area contributed by atoms with Crippen molar-refractivity contribution in [3.63, 3.8) is 0 Å². The number of aliphatic hydroxyl groups excluding tert-OH is 1. The Morgan fingerprint density at radius 1 is 0.781 bits per heavy atom. The summed E-state index contributed by atoms with van der Waals surface area (Å²) in [6.45, 7) is 12.5. The Morgan fingerprint density at radius 2 is 1.25 bits per heavy atom. The van der Waals surface area contributed by atoms with Gasteiger partial charge in [0.1, 0.15) is 18.1 Å². The SMILES string of the molecule is CCC(C)C(NC(=O)C(N)CC(C)C)C(=O)NC(C(=O)NC(CC(C)C)C(=O)O)C(C)O. The third-order valence-electron chi connectivity index (χ3n) is 5.24. The lowest BCUT2D eigenvalue weighted by Gasteiger charge is -2.29. The maximum atomic E-state index is 13.0. The summed E-state index contributed by atoms with van der Waals surface area (Å²) < 4.78 is 0. The average molecular weight is 459 g/mol. The molecule has 0 heterocycles. The largest absolute Gasteiger partial charge is 0.480 e. The molecule has 10 nitrogen and oxygen atoms in total. The van der Waals surface area contributed by atoms with Gasteiger partial charge in [0, 0.05) is 0 Å². The first-order chi connectivity index (χ1) is 14.7. The predicted octanol–water partition coefficient (Wildman–Crippen LogP) is 0.372. The number of aliphatic hydroxyl groups is 1. The lowest BCUT2D eigenvalue weighted by atomic mass is 9.96. The molecular formula is C22H42N4O6. The highest BCUT2D eigenvalue weighted by molar-refractivity contribution is 5.94. The molecule has 3 amide bonds. The number of nitrogens with one attached hydrogen (secondary N) is 3. The summed E-state index contributed by atoms with van der Waals surface area (Å²) in [5.74, 6) is -3.20. The third kappa shape index (κ3) is 10.4. The normalized spacial score (nSPS) is 17.1. The van der Waals surface area contributed by atoms with E-state index in [1.165, 1.54) is 6.92 Å². The second-order valence-corrected chi connectivity index (χ2v) is 9.36. The van der Waals surface area contributed by atoms with Gasteiger partial charge < -0.3 is 31.9 Å². The second-order valence-electron chi connectivity index (χ2n) is 9.36. The second kappa shape index (κ2) is 14.1. The molecule has 0 aromatic heterocycles. The minimum atomic E-state index is -1.38. The minimum absolute atomic E-state index is 0.0102. The van der Waals surface area contributed by atoms with Crippen molar-refractivity contribution >= 4 is 23.7 Å². The molecule has 0 spiro atoms. The Labute approximate surface area is 191 Å². The topological polar surface area (TPSA) is 171 Å². The van der Waals surface area contributed by atoms with Crippen LogP contribution in [0, 0.1) is 17.8 Å². The molecule has 6 atom stereocenters. The highest BCUT2D eigenvalue weighted by Crippen LogP contribution is 2.11. The van der Waals surface area contributed by atoms with E-state index in [0.29, 0.717) is 12.8 Å². The predicted molar refractivity (Wildman–Crippen MR) is 121 cm³/mol. The Hall–Kier alpha value is -2.20. The van der Waals surface area contributed by atoms with Crippen LogP contribution in [-0.4, -0.2) is 64.2 Å². The zero-order valence-corrected chi connectivity index (χ0v) is 20.3. The Kier molecular flexibility index (Phi) is 13.1. The number of carboxylic acids is 1. The molecule has 10 heteroatoms. The molecule has 0 aromatic carbocycles. The van der Waals surface area contributed by atoms with Crippen molar-refractivity contribution in [2.45, 2.75) is 98.0 Å². The summed E-state index contributed by atoms with van der Waals surface area (Å²) in [7, 11) is 0. The van der Waals surface area contributed by atoms with Crippen LogP contribution in [0.4, 0.5) is 0 Å². The smallest absolute Gasteiger partial charge is 0.326 e. The van der Waals surface area contributed by atoms with Crippen molar-refractivity contribution in [1.82, 2.24) is 16.0 Å². The van der Waals surface area contributed by atoms with Gasteiger partial charge in [-0.25, -0.2) is 4.79 Å². The zero-order valence-electron chi connectivity index (χ0n) is 20.3. The molecule has 0 saturated carbocycles. The Balaban J connectivity index is 5.47. The van der Waals surface area contributed by atoms with E-state index < -0.39 is 54.0 Å². The Bertz CT molecular complexity index is 638. The van der Waals surface area contributed by atoms with Gasteiger partial charge in [0.25, 0.3) is 0 Å². The maximum absolute atomic E-state index is 13.0. The van der Waals surface area contributed by atoms with Crippen molar-refractivity contribution in [1.29, 1.82) is 0 Å². The van der Waals surface area contributed by atoms with Gasteiger partial charge in [-0.15, -0.1) is 0 Å². The first kappa shape index (κ1) is 29.8.